The zero-order valence-corrected chi connectivity index (χ0v) is 5.43. The van der Waals surface area contributed by atoms with Gasteiger partial charge in [0, 0.05) is 0 Å². The molecule has 0 aromatic heterocycles. The van der Waals surface area contributed by atoms with Crippen LogP contribution in [-0.2, 0) is 4.79 Å². The smallest absolute Gasteiger partial charge is 0.310 e. The van der Waals surface area contributed by atoms with Crippen molar-refractivity contribution in [2.75, 3.05) is 6.66 Å². The number of carboxylic acids is 1. The molecule has 0 aromatic rings. The van der Waals surface area contributed by atoms with Gasteiger partial charge in [0.2, 0.25) is 0 Å². The molecule has 0 spiro atoms. The number of carboxylic acid groups (broad SMARTS) is 1. The quantitative estimate of drug-likeness (QED) is 0.546. The Bertz CT molecular complexity index is 72.1. The summed E-state index contributed by atoms with van der Waals surface area (Å²) in [6.45, 7) is 3.60. The van der Waals surface area contributed by atoms with E-state index < -0.39 is 5.97 Å². The van der Waals surface area contributed by atoms with Crippen LogP contribution in [0.1, 0.15) is 6.92 Å². The third kappa shape index (κ3) is 2.58. The number of hydrogen-bond acceptors (Lipinski definition) is 1. The summed E-state index contributed by atoms with van der Waals surface area (Å²) in [7, 11) is 0.512. The van der Waals surface area contributed by atoms with Crippen molar-refractivity contribution in [3.63, 3.8) is 0 Å². The van der Waals surface area contributed by atoms with Gasteiger partial charge >= 0.3 is 5.97 Å². The zero-order valence-electron chi connectivity index (χ0n) is 4.43. The van der Waals surface area contributed by atoms with Gasteiger partial charge in [-0.1, -0.05) is 0 Å². The molecule has 0 rings (SSSR count). The molecule has 0 amide bonds. The van der Waals surface area contributed by atoms with Crippen molar-refractivity contribution in [3.05, 3.63) is 0 Å². The van der Waals surface area contributed by atoms with Crippen LogP contribution in [0.2, 0.25) is 0 Å². The number of hydrogen-bond donors (Lipinski definition) is 1. The fourth-order valence-electron chi connectivity index (χ4n) is 0.123. The Morgan fingerprint density at radius 2 is 2.29 bits per heavy atom. The summed E-state index contributed by atoms with van der Waals surface area (Å²) in [4.78, 5) is 9.94. The highest BCUT2D eigenvalue weighted by Crippen LogP contribution is 2.11. The molecular formula is C4H9O2P. The minimum absolute atomic E-state index is 0.153. The van der Waals surface area contributed by atoms with E-state index in [2.05, 4.69) is 0 Å². The monoisotopic (exact) mass is 120 g/mol. The predicted molar refractivity (Wildman–Crippen MR) is 31.3 cm³/mol. The van der Waals surface area contributed by atoms with Crippen molar-refractivity contribution < 1.29 is 9.90 Å². The van der Waals surface area contributed by atoms with Gasteiger partial charge in [0.05, 0.1) is 5.66 Å². The summed E-state index contributed by atoms with van der Waals surface area (Å²) in [5.74, 6) is -0.694. The molecule has 2 nitrogen and oxygen atoms in total. The summed E-state index contributed by atoms with van der Waals surface area (Å²) in [6.07, 6.45) is 0. The zero-order chi connectivity index (χ0) is 5.86. The van der Waals surface area contributed by atoms with E-state index in [0.717, 1.165) is 0 Å². The van der Waals surface area contributed by atoms with Crippen molar-refractivity contribution in [1.82, 2.24) is 0 Å². The molecule has 0 aliphatic rings. The maximum atomic E-state index is 9.94. The highest BCUT2D eigenvalue weighted by molar-refractivity contribution is 7.39. The maximum Gasteiger partial charge on any atom is 0.310 e. The van der Waals surface area contributed by atoms with E-state index in [0.29, 0.717) is 8.58 Å². The molecule has 1 N–H and O–H groups in total. The van der Waals surface area contributed by atoms with E-state index >= 15 is 0 Å². The summed E-state index contributed by atoms with van der Waals surface area (Å²) < 4.78 is 0. The van der Waals surface area contributed by atoms with Crippen LogP contribution in [0.5, 0.6) is 0 Å². The van der Waals surface area contributed by atoms with Crippen molar-refractivity contribution in [2.45, 2.75) is 12.6 Å². The van der Waals surface area contributed by atoms with Gasteiger partial charge in [0.15, 0.2) is 0 Å². The predicted octanol–water partition coefficient (Wildman–Crippen LogP) is 0.768. The van der Waals surface area contributed by atoms with Gasteiger partial charge in [0.25, 0.3) is 0 Å². The molecule has 2 atom stereocenters. The van der Waals surface area contributed by atoms with Crippen LogP contribution in [0.3, 0.4) is 0 Å². The average molecular weight is 120 g/mol. The number of rotatable bonds is 2. The van der Waals surface area contributed by atoms with Crippen LogP contribution in [0.15, 0.2) is 0 Å². The molecule has 0 radical (unpaired) electrons. The van der Waals surface area contributed by atoms with E-state index in [9.17, 15) is 4.79 Å². The molecule has 0 aliphatic carbocycles. The van der Waals surface area contributed by atoms with Crippen molar-refractivity contribution >= 4 is 14.6 Å². The lowest BCUT2D eigenvalue weighted by molar-refractivity contribution is -0.136. The fraction of sp³-hybridized carbons (Fsp3) is 0.750. The minimum atomic E-state index is -0.694. The van der Waals surface area contributed by atoms with Crippen molar-refractivity contribution in [3.8, 4) is 0 Å². The fourth-order valence-corrected chi connectivity index (χ4v) is 0.370. The molecule has 0 aliphatic heterocycles. The molecule has 0 fully saturated rings. The first-order valence-electron chi connectivity index (χ1n) is 2.08. The second-order valence-corrected chi connectivity index (χ2v) is 2.79. The van der Waals surface area contributed by atoms with E-state index in [1.54, 1.807) is 6.92 Å². The van der Waals surface area contributed by atoms with Crippen LogP contribution in [0, 0.1) is 0 Å². The summed E-state index contributed by atoms with van der Waals surface area (Å²) in [5.41, 5.74) is -0.153. The summed E-state index contributed by atoms with van der Waals surface area (Å²) >= 11 is 0. The Labute approximate surface area is 44.7 Å². The molecular weight excluding hydrogens is 111 g/mol. The molecule has 0 aromatic carbocycles. The Kier molecular flexibility index (Phi) is 2.93. The second-order valence-electron chi connectivity index (χ2n) is 1.35. The maximum absolute atomic E-state index is 9.94. The Hall–Kier alpha value is -0.100. The molecule has 7 heavy (non-hydrogen) atoms. The molecule has 0 bridgehead atoms. The molecule has 0 saturated carbocycles. The average Bonchev–Trinajstić information content (AvgIpc) is 1.65. The highest BCUT2D eigenvalue weighted by Gasteiger charge is 2.04. The standard InChI is InChI=1S/C4H9O2P/c1-3(7-2)4(5)6/h3,7H,1-2H3,(H,5,6). The largest absolute Gasteiger partial charge is 0.481 e. The SMILES string of the molecule is CPC(C)C(=O)O. The summed E-state index contributed by atoms with van der Waals surface area (Å²) in [6, 6.07) is 0. The first kappa shape index (κ1) is 6.90. The lowest BCUT2D eigenvalue weighted by Gasteiger charge is -1.96. The van der Waals surface area contributed by atoms with E-state index in [4.69, 9.17) is 5.11 Å². The van der Waals surface area contributed by atoms with Crippen molar-refractivity contribution in [2.24, 2.45) is 0 Å². The van der Waals surface area contributed by atoms with Gasteiger partial charge in [-0.25, -0.2) is 0 Å². The third-order valence-corrected chi connectivity index (χ3v) is 1.92. The van der Waals surface area contributed by atoms with Gasteiger partial charge in [-0.15, -0.1) is 8.58 Å². The van der Waals surface area contributed by atoms with E-state index in [1.807, 2.05) is 6.66 Å². The van der Waals surface area contributed by atoms with Gasteiger partial charge in [-0.3, -0.25) is 4.79 Å². The number of carbonyl (C=O) groups is 1. The van der Waals surface area contributed by atoms with E-state index in [1.165, 1.54) is 0 Å². The molecule has 2 unspecified atom stereocenters. The van der Waals surface area contributed by atoms with Crippen LogP contribution >= 0.6 is 8.58 Å². The van der Waals surface area contributed by atoms with Gasteiger partial charge < -0.3 is 5.11 Å². The molecule has 0 saturated heterocycles. The van der Waals surface area contributed by atoms with Crippen LogP contribution in [0.4, 0.5) is 0 Å². The van der Waals surface area contributed by atoms with Gasteiger partial charge in [0.1, 0.15) is 0 Å². The summed E-state index contributed by atoms with van der Waals surface area (Å²) in [5, 5.41) is 8.19. The minimum Gasteiger partial charge on any atom is -0.481 e. The van der Waals surface area contributed by atoms with Gasteiger partial charge in [-0.2, -0.15) is 0 Å². The lowest BCUT2D eigenvalue weighted by Crippen LogP contribution is -2.08. The van der Waals surface area contributed by atoms with Crippen molar-refractivity contribution in [1.29, 1.82) is 0 Å². The topological polar surface area (TPSA) is 37.3 Å². The Morgan fingerprint density at radius 1 is 1.86 bits per heavy atom. The first-order valence-corrected chi connectivity index (χ1v) is 3.66. The second kappa shape index (κ2) is 2.98. The first-order chi connectivity index (χ1) is 3.18. The van der Waals surface area contributed by atoms with Crippen LogP contribution in [0.25, 0.3) is 0 Å². The molecule has 42 valence electrons. The Balaban J connectivity index is 3.34. The lowest BCUT2D eigenvalue weighted by atomic mass is 10.5. The number of aliphatic carboxylic acids is 1. The van der Waals surface area contributed by atoms with Crippen LogP contribution in [-0.4, -0.2) is 23.4 Å². The molecule has 3 heteroatoms. The van der Waals surface area contributed by atoms with Crippen LogP contribution < -0.4 is 0 Å². The normalized spacial score (nSPS) is 15.1. The van der Waals surface area contributed by atoms with E-state index in [-0.39, 0.29) is 5.66 Å². The van der Waals surface area contributed by atoms with Gasteiger partial charge in [-0.05, 0) is 13.6 Å². The Morgan fingerprint density at radius 3 is 2.29 bits per heavy atom. The third-order valence-electron chi connectivity index (χ3n) is 0.803. The molecule has 0 heterocycles. The highest BCUT2D eigenvalue weighted by atomic mass is 31.1.